The number of amides is 4. The average Bonchev–Trinajstić information content (AvgIpc) is 3.23. The molecule has 12 heteroatoms. The fourth-order valence-electron chi connectivity index (χ4n) is 5.53. The number of rotatable bonds is 14. The molecule has 0 radical (unpaired) electrons. The van der Waals surface area contributed by atoms with Crippen LogP contribution in [-0.2, 0) is 29.3 Å². The molecule has 0 bridgehead atoms. The van der Waals surface area contributed by atoms with Crippen LogP contribution in [0.3, 0.4) is 0 Å². The number of ketones is 1. The Morgan fingerprint density at radius 2 is 1.78 bits per heavy atom. The van der Waals surface area contributed by atoms with Crippen LogP contribution in [-0.4, -0.2) is 46.4 Å². The number of ether oxygens (including phenoxy) is 1. The number of carbonyl (C=O) groups is 5. The molecule has 1 aliphatic rings. The van der Waals surface area contributed by atoms with E-state index in [1.807, 2.05) is 90.1 Å². The minimum absolute atomic E-state index is 0.0385. The predicted octanol–water partition coefficient (Wildman–Crippen LogP) is 4.99. The topological polar surface area (TPSA) is 157 Å². The molecule has 1 fully saturated rings. The van der Waals surface area contributed by atoms with Crippen LogP contribution >= 0.6 is 23.5 Å². The van der Waals surface area contributed by atoms with E-state index in [1.165, 1.54) is 0 Å². The number of carbonyl (C=O) groups excluding carboxylic acids is 5. The van der Waals surface area contributed by atoms with Gasteiger partial charge in [0.1, 0.15) is 11.4 Å². The number of nitrogens with two attached hydrogens (primary N) is 1. The van der Waals surface area contributed by atoms with Crippen LogP contribution in [0.4, 0.5) is 4.79 Å². The quantitative estimate of drug-likeness (QED) is 0.164. The first-order valence-corrected chi connectivity index (χ1v) is 16.1. The predicted molar refractivity (Wildman–Crippen MR) is 175 cm³/mol. The van der Waals surface area contributed by atoms with Crippen molar-refractivity contribution < 1.29 is 28.7 Å². The second-order valence-corrected chi connectivity index (χ2v) is 14.5. The molecule has 3 rings (SSSR count). The number of halogens is 1. The van der Waals surface area contributed by atoms with E-state index in [9.17, 15) is 24.0 Å². The molecular formula is C33H43ClN4O6S. The maximum absolute atomic E-state index is 13.5. The van der Waals surface area contributed by atoms with E-state index in [0.717, 1.165) is 23.1 Å². The Hall–Kier alpha value is -3.57. The maximum Gasteiger partial charge on any atom is 0.417 e. The Morgan fingerprint density at radius 1 is 1.11 bits per heavy atom. The molecule has 10 nitrogen and oxygen atoms in total. The molecule has 1 aliphatic heterocycles. The number of Topliss-reactive ketones (excluding diaryl/α,β-unsaturated/α-hetero) is 1. The summed E-state index contributed by atoms with van der Waals surface area (Å²) < 4.78 is 8.64. The van der Waals surface area contributed by atoms with Crippen molar-refractivity contribution >= 4 is 53.1 Å². The minimum atomic E-state index is -1.29. The van der Waals surface area contributed by atoms with Crippen LogP contribution in [0.15, 0.2) is 54.6 Å². The Bertz CT molecular complexity index is 1400. The van der Waals surface area contributed by atoms with Gasteiger partial charge in [-0.2, -0.15) is 0 Å². The van der Waals surface area contributed by atoms with Gasteiger partial charge >= 0.3 is 6.09 Å². The lowest BCUT2D eigenvalue weighted by Crippen LogP contribution is -2.50. The molecular weight excluding hydrogens is 616 g/mol. The van der Waals surface area contributed by atoms with E-state index in [2.05, 4.69) is 15.4 Å². The van der Waals surface area contributed by atoms with E-state index >= 15 is 0 Å². The Labute approximate surface area is 274 Å². The van der Waals surface area contributed by atoms with Crippen molar-refractivity contribution in [1.82, 2.24) is 15.4 Å². The van der Waals surface area contributed by atoms with Crippen molar-refractivity contribution in [2.75, 3.05) is 0 Å². The monoisotopic (exact) mass is 658 g/mol. The Kier molecular flexibility index (Phi) is 12.1. The molecule has 0 aliphatic carbocycles. The molecule has 4 amide bonds. The van der Waals surface area contributed by atoms with E-state index < -0.39 is 58.0 Å². The molecule has 244 valence electrons. The first kappa shape index (κ1) is 35.9. The smallest absolute Gasteiger partial charge is 0.417 e. The highest BCUT2D eigenvalue weighted by Gasteiger charge is 2.41. The fourth-order valence-corrected chi connectivity index (χ4v) is 6.66. The number of hydrogen-bond acceptors (Lipinski definition) is 7. The van der Waals surface area contributed by atoms with Crippen molar-refractivity contribution in [2.24, 2.45) is 17.6 Å². The van der Waals surface area contributed by atoms with Gasteiger partial charge in [0, 0.05) is 21.9 Å². The molecule has 0 spiro atoms. The number of benzene rings is 2. The third kappa shape index (κ3) is 9.96. The molecule has 4 atom stereocenters. The summed E-state index contributed by atoms with van der Waals surface area (Å²) in [6, 6.07) is 15.4. The summed E-state index contributed by atoms with van der Waals surface area (Å²) in [6.45, 7) is 11.4. The van der Waals surface area contributed by atoms with Gasteiger partial charge in [-0.25, -0.2) is 4.79 Å². The van der Waals surface area contributed by atoms with E-state index in [1.54, 1.807) is 6.07 Å². The van der Waals surface area contributed by atoms with Gasteiger partial charge in [0.15, 0.2) is 0 Å². The average molecular weight is 659 g/mol. The number of primary amides is 1. The molecule has 2 aromatic rings. The van der Waals surface area contributed by atoms with Gasteiger partial charge in [-0.3, -0.25) is 23.9 Å². The zero-order chi connectivity index (χ0) is 33.5. The third-order valence-corrected chi connectivity index (χ3v) is 9.01. The van der Waals surface area contributed by atoms with Gasteiger partial charge in [-0.05, 0) is 74.2 Å². The first-order valence-electron chi connectivity index (χ1n) is 14.9. The summed E-state index contributed by atoms with van der Waals surface area (Å²) in [5.74, 6) is -3.59. The summed E-state index contributed by atoms with van der Waals surface area (Å²) >= 11 is 7.13. The molecule has 5 N–H and O–H groups in total. The van der Waals surface area contributed by atoms with Gasteiger partial charge in [0.25, 0.3) is 5.91 Å². The summed E-state index contributed by atoms with van der Waals surface area (Å²) in [4.78, 5) is 63.8. The highest BCUT2D eigenvalue weighted by Crippen LogP contribution is 2.40. The van der Waals surface area contributed by atoms with Crippen molar-refractivity contribution in [3.63, 3.8) is 0 Å². The van der Waals surface area contributed by atoms with Crippen LogP contribution in [0.25, 0.3) is 0 Å². The van der Waals surface area contributed by atoms with Crippen LogP contribution < -0.4 is 21.1 Å². The summed E-state index contributed by atoms with van der Waals surface area (Å²) in [6.07, 6.45) is -0.791. The van der Waals surface area contributed by atoms with E-state index in [4.69, 9.17) is 22.1 Å². The first-order chi connectivity index (χ1) is 21.0. The third-order valence-electron chi connectivity index (χ3n) is 7.80. The van der Waals surface area contributed by atoms with Gasteiger partial charge in [-0.15, -0.1) is 0 Å². The minimum Gasteiger partial charge on any atom is -0.440 e. The normalized spacial score (nSPS) is 18.0. The molecule has 2 aromatic carbocycles. The molecule has 3 unspecified atom stereocenters. The van der Waals surface area contributed by atoms with Gasteiger partial charge in [0.2, 0.25) is 17.6 Å². The van der Waals surface area contributed by atoms with Crippen molar-refractivity contribution in [3.05, 3.63) is 70.7 Å². The van der Waals surface area contributed by atoms with Gasteiger partial charge in [-0.1, -0.05) is 81.8 Å². The second-order valence-electron chi connectivity index (χ2n) is 13.1. The van der Waals surface area contributed by atoms with Gasteiger partial charge < -0.3 is 21.1 Å². The van der Waals surface area contributed by atoms with Gasteiger partial charge in [0.05, 0.1) is 6.04 Å². The van der Waals surface area contributed by atoms with Crippen LogP contribution in [0.1, 0.15) is 78.0 Å². The lowest BCUT2D eigenvalue weighted by atomic mass is 9.76. The summed E-state index contributed by atoms with van der Waals surface area (Å²) in [5.41, 5.74) is 5.75. The van der Waals surface area contributed by atoms with E-state index in [-0.39, 0.29) is 18.2 Å². The summed E-state index contributed by atoms with van der Waals surface area (Å²) in [7, 11) is 0. The largest absolute Gasteiger partial charge is 0.440 e. The van der Waals surface area contributed by atoms with Crippen molar-refractivity contribution in [2.45, 2.75) is 89.2 Å². The lowest BCUT2D eigenvalue weighted by Gasteiger charge is -2.35. The lowest BCUT2D eigenvalue weighted by molar-refractivity contribution is -0.139. The zero-order valence-corrected chi connectivity index (χ0v) is 28.1. The van der Waals surface area contributed by atoms with Crippen LogP contribution in [0, 0.1) is 11.8 Å². The molecule has 1 heterocycles. The summed E-state index contributed by atoms with van der Waals surface area (Å²) in [5, 5.41) is 5.19. The SMILES string of the molecule is CC(C)C[C@H](SNC(=O)OC(c1ccccc1)C(C)(C)c1cccc(Cl)c1)C(=O)NC(CC1CC(C)(C)NC1=O)C(=O)C(N)=O. The molecule has 45 heavy (non-hydrogen) atoms. The van der Waals surface area contributed by atoms with Crippen LogP contribution in [0.2, 0.25) is 5.02 Å². The Balaban J connectivity index is 1.76. The van der Waals surface area contributed by atoms with E-state index in [0.29, 0.717) is 17.9 Å². The molecule has 0 saturated carbocycles. The van der Waals surface area contributed by atoms with Crippen molar-refractivity contribution in [1.29, 1.82) is 0 Å². The maximum atomic E-state index is 13.5. The highest BCUT2D eigenvalue weighted by molar-refractivity contribution is 7.99. The van der Waals surface area contributed by atoms with Crippen molar-refractivity contribution in [3.8, 4) is 0 Å². The Morgan fingerprint density at radius 3 is 2.33 bits per heavy atom. The highest BCUT2D eigenvalue weighted by atomic mass is 35.5. The standard InChI is InChI=1S/C33H43ClN4O6S/c1-19(2)15-25(30(42)36-24(26(39)28(35)40)16-21-18-32(3,4)37-29(21)41)45-38-31(43)44-27(20-11-8-7-9-12-20)33(5,6)22-13-10-14-23(34)17-22/h7-14,17,19,21,24-25,27H,15-16,18H2,1-6H3,(H2,35,40)(H,36,42)(H,37,41)(H,38,43)/t21?,24?,25-,27?/m0/s1. The number of nitrogens with one attached hydrogen (secondary N) is 3. The van der Waals surface area contributed by atoms with Crippen LogP contribution in [0.5, 0.6) is 0 Å². The molecule has 1 saturated heterocycles. The molecule has 0 aromatic heterocycles. The zero-order valence-electron chi connectivity index (χ0n) is 26.5. The second kappa shape index (κ2) is 15.1. The fraction of sp³-hybridized carbons (Fsp3) is 0.485. The number of hydrogen-bond donors (Lipinski definition) is 4.